The van der Waals surface area contributed by atoms with Crippen LogP contribution in [0.5, 0.6) is 0 Å². The number of piperidine rings is 1. The fourth-order valence-electron chi connectivity index (χ4n) is 2.60. The second-order valence-corrected chi connectivity index (χ2v) is 5.08. The van der Waals surface area contributed by atoms with Gasteiger partial charge in [0, 0.05) is 38.0 Å². The van der Waals surface area contributed by atoms with Crippen LogP contribution >= 0.6 is 0 Å². The quantitative estimate of drug-likeness (QED) is 0.868. The number of ketones is 1. The van der Waals surface area contributed by atoms with E-state index < -0.39 is 0 Å². The number of aromatic nitrogens is 2. The van der Waals surface area contributed by atoms with Gasteiger partial charge in [0.2, 0.25) is 0 Å². The molecule has 18 heavy (non-hydrogen) atoms. The van der Waals surface area contributed by atoms with E-state index in [0.717, 1.165) is 38.0 Å². The number of carbonyl (C=O) groups is 1. The number of rotatable bonds is 5. The number of hydrogen-bond acceptors (Lipinski definition) is 3. The molecule has 0 amide bonds. The molecule has 0 radical (unpaired) electrons. The molecule has 1 saturated heterocycles. The molecule has 1 atom stereocenters. The first-order chi connectivity index (χ1) is 8.74. The molecule has 1 aliphatic rings. The monoisotopic (exact) mass is 249 g/mol. The van der Waals surface area contributed by atoms with Gasteiger partial charge in [-0.2, -0.15) is 5.10 Å². The van der Waals surface area contributed by atoms with Crippen LogP contribution in [0.25, 0.3) is 0 Å². The van der Waals surface area contributed by atoms with E-state index in [-0.39, 0.29) is 5.92 Å². The normalized spacial score (nSPS) is 20.6. The van der Waals surface area contributed by atoms with E-state index in [1.165, 1.54) is 0 Å². The molecule has 4 heteroatoms. The molecule has 0 spiro atoms. The summed E-state index contributed by atoms with van der Waals surface area (Å²) in [6.45, 7) is 6.00. The van der Waals surface area contributed by atoms with E-state index >= 15 is 0 Å². The summed E-state index contributed by atoms with van der Waals surface area (Å²) >= 11 is 0. The first-order valence-electron chi connectivity index (χ1n) is 7.02. The van der Waals surface area contributed by atoms with E-state index in [9.17, 15) is 4.79 Å². The summed E-state index contributed by atoms with van der Waals surface area (Å²) in [6, 6.07) is 2.54. The van der Waals surface area contributed by atoms with Crippen LogP contribution in [0.1, 0.15) is 44.8 Å². The molecule has 1 fully saturated rings. The molecule has 100 valence electrons. The molecular formula is C14H23N3O. The highest BCUT2D eigenvalue weighted by Crippen LogP contribution is 2.17. The van der Waals surface area contributed by atoms with Crippen molar-refractivity contribution >= 4 is 5.78 Å². The molecule has 1 N–H and O–H groups in total. The van der Waals surface area contributed by atoms with Gasteiger partial charge >= 0.3 is 0 Å². The largest absolute Gasteiger partial charge is 0.316 e. The second kappa shape index (κ2) is 6.14. The summed E-state index contributed by atoms with van der Waals surface area (Å²) < 4.78 is 2.05. The molecule has 2 rings (SSSR count). The maximum absolute atomic E-state index is 11.8. The Hall–Kier alpha value is -1.16. The smallest absolute Gasteiger partial charge is 0.138 e. The number of nitrogens with one attached hydrogen (secondary N) is 1. The molecule has 2 heterocycles. The van der Waals surface area contributed by atoms with Crippen molar-refractivity contribution in [2.45, 2.75) is 45.6 Å². The lowest BCUT2D eigenvalue weighted by molar-refractivity contribution is -0.123. The van der Waals surface area contributed by atoms with E-state index in [0.29, 0.717) is 18.2 Å². The number of carbonyl (C=O) groups excluding carboxylic acids is 1. The standard InChI is InChI=1S/C14H23N3O/c1-3-13(4-2)17-8-6-12(16-17)9-11-10-15-7-5-14(11)18/h6,8,11,13,15H,3-5,7,9-10H2,1-2H3. The highest BCUT2D eigenvalue weighted by atomic mass is 16.1. The maximum Gasteiger partial charge on any atom is 0.138 e. The molecule has 1 aromatic heterocycles. The van der Waals surface area contributed by atoms with Crippen LogP contribution in [0.2, 0.25) is 0 Å². The zero-order valence-electron chi connectivity index (χ0n) is 11.4. The van der Waals surface area contributed by atoms with Crippen molar-refractivity contribution in [1.29, 1.82) is 0 Å². The Balaban J connectivity index is 1.99. The molecular weight excluding hydrogens is 226 g/mol. The number of hydrogen-bond donors (Lipinski definition) is 1. The predicted octanol–water partition coefficient (Wildman–Crippen LogP) is 1.97. The molecule has 1 aliphatic heterocycles. The SMILES string of the molecule is CCC(CC)n1ccc(CC2CNCCC2=O)n1. The average molecular weight is 249 g/mol. The molecule has 1 aromatic rings. The Kier molecular flexibility index (Phi) is 4.53. The van der Waals surface area contributed by atoms with Gasteiger partial charge in [-0.05, 0) is 18.9 Å². The minimum atomic E-state index is 0.115. The Labute approximate surface area is 109 Å². The van der Waals surface area contributed by atoms with Gasteiger partial charge in [-0.15, -0.1) is 0 Å². The van der Waals surface area contributed by atoms with Gasteiger partial charge in [0.15, 0.2) is 0 Å². The van der Waals surface area contributed by atoms with Gasteiger partial charge in [0.25, 0.3) is 0 Å². The highest BCUT2D eigenvalue weighted by Gasteiger charge is 2.23. The van der Waals surface area contributed by atoms with E-state index in [4.69, 9.17) is 0 Å². The zero-order valence-corrected chi connectivity index (χ0v) is 11.4. The van der Waals surface area contributed by atoms with Gasteiger partial charge in [-0.3, -0.25) is 9.48 Å². The van der Waals surface area contributed by atoms with Gasteiger partial charge in [0.05, 0.1) is 11.7 Å². The fourth-order valence-corrected chi connectivity index (χ4v) is 2.60. The molecule has 4 nitrogen and oxygen atoms in total. The van der Waals surface area contributed by atoms with E-state index in [2.05, 4.69) is 35.0 Å². The highest BCUT2D eigenvalue weighted by molar-refractivity contribution is 5.82. The first-order valence-corrected chi connectivity index (χ1v) is 7.02. The first kappa shape index (κ1) is 13.3. The maximum atomic E-state index is 11.8. The van der Waals surface area contributed by atoms with Crippen LogP contribution in [-0.4, -0.2) is 28.7 Å². The minimum Gasteiger partial charge on any atom is -0.316 e. The molecule has 1 unspecified atom stereocenters. The molecule has 0 aromatic carbocycles. The van der Waals surface area contributed by atoms with Crippen molar-refractivity contribution in [3.63, 3.8) is 0 Å². The van der Waals surface area contributed by atoms with Crippen LogP contribution in [-0.2, 0) is 11.2 Å². The summed E-state index contributed by atoms with van der Waals surface area (Å²) in [5.74, 6) is 0.495. The summed E-state index contributed by atoms with van der Waals surface area (Å²) in [6.07, 6.45) is 5.69. The van der Waals surface area contributed by atoms with Crippen LogP contribution in [0, 0.1) is 5.92 Å². The van der Waals surface area contributed by atoms with Crippen molar-refractivity contribution in [3.05, 3.63) is 18.0 Å². The van der Waals surface area contributed by atoms with Gasteiger partial charge in [0.1, 0.15) is 5.78 Å². The molecule has 0 bridgehead atoms. The molecule has 0 aliphatic carbocycles. The summed E-state index contributed by atoms with van der Waals surface area (Å²) in [7, 11) is 0. The Bertz CT molecular complexity index is 395. The third kappa shape index (κ3) is 2.99. The molecule has 0 saturated carbocycles. The van der Waals surface area contributed by atoms with Crippen LogP contribution in [0.3, 0.4) is 0 Å². The van der Waals surface area contributed by atoms with Crippen molar-refractivity contribution in [2.75, 3.05) is 13.1 Å². The Morgan fingerprint density at radius 3 is 2.94 bits per heavy atom. The summed E-state index contributed by atoms with van der Waals surface area (Å²) in [5.41, 5.74) is 1.05. The predicted molar refractivity (Wildman–Crippen MR) is 71.5 cm³/mol. The van der Waals surface area contributed by atoms with Gasteiger partial charge in [-0.25, -0.2) is 0 Å². The average Bonchev–Trinajstić information content (AvgIpc) is 2.82. The summed E-state index contributed by atoms with van der Waals surface area (Å²) in [4.78, 5) is 11.8. The summed E-state index contributed by atoms with van der Waals surface area (Å²) in [5, 5.41) is 7.90. The third-order valence-corrected chi connectivity index (χ3v) is 3.83. The van der Waals surface area contributed by atoms with Crippen LogP contribution < -0.4 is 5.32 Å². The second-order valence-electron chi connectivity index (χ2n) is 5.08. The number of Topliss-reactive ketones (excluding diaryl/α,β-unsaturated/α-hetero) is 1. The van der Waals surface area contributed by atoms with Crippen molar-refractivity contribution < 1.29 is 4.79 Å². The van der Waals surface area contributed by atoms with Gasteiger partial charge < -0.3 is 5.32 Å². The lowest BCUT2D eigenvalue weighted by Crippen LogP contribution is -2.38. The third-order valence-electron chi connectivity index (χ3n) is 3.83. The lowest BCUT2D eigenvalue weighted by Gasteiger charge is -2.20. The van der Waals surface area contributed by atoms with E-state index in [1.54, 1.807) is 0 Å². The van der Waals surface area contributed by atoms with Crippen LogP contribution in [0.4, 0.5) is 0 Å². The minimum absolute atomic E-state index is 0.115. The van der Waals surface area contributed by atoms with Crippen molar-refractivity contribution in [1.82, 2.24) is 15.1 Å². The zero-order chi connectivity index (χ0) is 13.0. The number of nitrogens with zero attached hydrogens (tertiary/aromatic N) is 2. The van der Waals surface area contributed by atoms with Gasteiger partial charge in [-0.1, -0.05) is 13.8 Å². The van der Waals surface area contributed by atoms with E-state index in [1.807, 2.05) is 6.20 Å². The fraction of sp³-hybridized carbons (Fsp3) is 0.714. The Morgan fingerprint density at radius 1 is 1.50 bits per heavy atom. The van der Waals surface area contributed by atoms with Crippen molar-refractivity contribution in [3.8, 4) is 0 Å². The van der Waals surface area contributed by atoms with Crippen LogP contribution in [0.15, 0.2) is 12.3 Å². The van der Waals surface area contributed by atoms with Crippen molar-refractivity contribution in [2.24, 2.45) is 5.92 Å². The topological polar surface area (TPSA) is 46.9 Å². The lowest BCUT2D eigenvalue weighted by atomic mass is 9.93. The Morgan fingerprint density at radius 2 is 2.28 bits per heavy atom.